The molecule has 0 aromatic carbocycles. The highest BCUT2D eigenvalue weighted by Crippen LogP contribution is 2.12. The summed E-state index contributed by atoms with van der Waals surface area (Å²) in [6.45, 7) is 1.21. The highest BCUT2D eigenvalue weighted by Gasteiger charge is 2.03. The molecular weight excluding hydrogens is 244 g/mol. The average molecular weight is 260 g/mol. The first-order valence-corrected chi connectivity index (χ1v) is 6.00. The zero-order valence-corrected chi connectivity index (χ0v) is 10.7. The maximum absolute atomic E-state index is 11.2. The van der Waals surface area contributed by atoms with Gasteiger partial charge in [-0.3, -0.25) is 14.5 Å². The molecule has 0 atom stereocenters. The Morgan fingerprint density at radius 1 is 1.37 bits per heavy atom. The minimum absolute atomic E-state index is 0.0816. The van der Waals surface area contributed by atoms with Crippen molar-refractivity contribution >= 4 is 5.91 Å². The van der Waals surface area contributed by atoms with Gasteiger partial charge in [-0.15, -0.1) is 0 Å². The monoisotopic (exact) mass is 260 g/mol. The summed E-state index contributed by atoms with van der Waals surface area (Å²) in [7, 11) is 1.49. The number of hydrogen-bond acceptors (Lipinski definition) is 4. The highest BCUT2D eigenvalue weighted by molar-refractivity contribution is 5.77. The number of nitrogens with one attached hydrogen (secondary N) is 1. The number of rotatable bonds is 6. The fourth-order valence-electron chi connectivity index (χ4n) is 1.63. The molecule has 19 heavy (non-hydrogen) atoms. The molecule has 0 aliphatic carbocycles. The lowest BCUT2D eigenvalue weighted by molar-refractivity contribution is -0.124. The molecule has 0 spiro atoms. The summed E-state index contributed by atoms with van der Waals surface area (Å²) in [6, 6.07) is 7.60. The van der Waals surface area contributed by atoms with E-state index in [9.17, 15) is 4.79 Å². The molecule has 0 radical (unpaired) electrons. The normalized spacial score (nSPS) is 10.4. The first kappa shape index (κ1) is 13.2. The number of carbonyl (C=O) groups is 1. The second kappa shape index (κ2) is 6.65. The minimum Gasteiger partial charge on any atom is -0.375 e. The SMILES string of the molecule is COCC(=O)NCCn1ccc(-c2ccccn2)n1. The second-order valence-electron chi connectivity index (χ2n) is 3.96. The first-order chi connectivity index (χ1) is 9.29. The number of hydrogen-bond donors (Lipinski definition) is 1. The molecule has 0 unspecified atom stereocenters. The van der Waals surface area contributed by atoms with Gasteiger partial charge in [0, 0.05) is 26.0 Å². The van der Waals surface area contributed by atoms with Gasteiger partial charge in [0.15, 0.2) is 0 Å². The van der Waals surface area contributed by atoms with E-state index in [1.165, 1.54) is 7.11 Å². The Morgan fingerprint density at radius 3 is 3.00 bits per heavy atom. The molecule has 1 N–H and O–H groups in total. The van der Waals surface area contributed by atoms with Crippen LogP contribution in [0.4, 0.5) is 0 Å². The third kappa shape index (κ3) is 3.89. The van der Waals surface area contributed by atoms with Crippen LogP contribution >= 0.6 is 0 Å². The smallest absolute Gasteiger partial charge is 0.246 e. The van der Waals surface area contributed by atoms with Gasteiger partial charge < -0.3 is 10.1 Å². The Labute approximate surface area is 111 Å². The molecule has 2 heterocycles. The predicted octanol–water partition coefficient (Wildman–Crippen LogP) is 0.708. The van der Waals surface area contributed by atoms with E-state index in [1.54, 1.807) is 10.9 Å². The molecule has 0 saturated carbocycles. The molecule has 2 rings (SSSR count). The van der Waals surface area contributed by atoms with Crippen LogP contribution in [0, 0.1) is 0 Å². The van der Waals surface area contributed by atoms with E-state index in [0.29, 0.717) is 13.1 Å². The van der Waals surface area contributed by atoms with Crippen molar-refractivity contribution in [3.63, 3.8) is 0 Å². The molecule has 0 aliphatic heterocycles. The van der Waals surface area contributed by atoms with E-state index < -0.39 is 0 Å². The predicted molar refractivity (Wildman–Crippen MR) is 70.3 cm³/mol. The molecule has 0 bridgehead atoms. The number of pyridine rings is 1. The van der Waals surface area contributed by atoms with Crippen LogP contribution < -0.4 is 5.32 Å². The summed E-state index contributed by atoms with van der Waals surface area (Å²) in [6.07, 6.45) is 3.60. The molecule has 2 aromatic heterocycles. The van der Waals surface area contributed by atoms with Crippen LogP contribution in [-0.2, 0) is 16.1 Å². The lowest BCUT2D eigenvalue weighted by Gasteiger charge is -2.04. The summed E-state index contributed by atoms with van der Waals surface area (Å²) in [4.78, 5) is 15.4. The van der Waals surface area contributed by atoms with E-state index in [2.05, 4.69) is 15.4 Å². The zero-order valence-electron chi connectivity index (χ0n) is 10.7. The molecule has 1 amide bonds. The van der Waals surface area contributed by atoms with Gasteiger partial charge in [-0.1, -0.05) is 6.07 Å². The fourth-order valence-corrected chi connectivity index (χ4v) is 1.63. The molecule has 100 valence electrons. The summed E-state index contributed by atoms with van der Waals surface area (Å²) in [5.41, 5.74) is 1.66. The van der Waals surface area contributed by atoms with Crippen molar-refractivity contribution in [2.24, 2.45) is 0 Å². The van der Waals surface area contributed by atoms with E-state index in [0.717, 1.165) is 11.4 Å². The maximum Gasteiger partial charge on any atom is 0.246 e. The Morgan fingerprint density at radius 2 is 2.26 bits per heavy atom. The number of methoxy groups -OCH3 is 1. The number of nitrogens with zero attached hydrogens (tertiary/aromatic N) is 3. The van der Waals surface area contributed by atoms with Gasteiger partial charge in [-0.2, -0.15) is 5.10 Å². The Kier molecular flexibility index (Phi) is 4.63. The van der Waals surface area contributed by atoms with E-state index >= 15 is 0 Å². The molecule has 6 nitrogen and oxygen atoms in total. The van der Waals surface area contributed by atoms with E-state index in [-0.39, 0.29) is 12.5 Å². The standard InChI is InChI=1S/C13H16N4O2/c1-19-10-13(18)15-7-9-17-8-5-12(16-17)11-4-2-3-6-14-11/h2-6,8H,7,9-10H2,1H3,(H,15,18). The largest absolute Gasteiger partial charge is 0.375 e. The van der Waals surface area contributed by atoms with Crippen LogP contribution in [0.25, 0.3) is 11.4 Å². The Balaban J connectivity index is 1.86. The Bertz CT molecular complexity index is 524. The van der Waals surface area contributed by atoms with Crippen molar-refractivity contribution in [2.45, 2.75) is 6.54 Å². The zero-order chi connectivity index (χ0) is 13.5. The first-order valence-electron chi connectivity index (χ1n) is 6.00. The number of carbonyl (C=O) groups excluding carboxylic acids is 1. The third-order valence-corrected chi connectivity index (χ3v) is 2.51. The minimum atomic E-state index is -0.125. The van der Waals surface area contributed by atoms with Crippen molar-refractivity contribution in [3.05, 3.63) is 36.7 Å². The van der Waals surface area contributed by atoms with Crippen LogP contribution in [-0.4, -0.2) is 40.9 Å². The van der Waals surface area contributed by atoms with Gasteiger partial charge in [0.05, 0.1) is 12.2 Å². The quantitative estimate of drug-likeness (QED) is 0.830. The summed E-state index contributed by atoms with van der Waals surface area (Å²) in [5.74, 6) is -0.125. The van der Waals surface area contributed by atoms with Crippen molar-refractivity contribution in [1.82, 2.24) is 20.1 Å². The van der Waals surface area contributed by atoms with Gasteiger partial charge in [-0.25, -0.2) is 0 Å². The van der Waals surface area contributed by atoms with Gasteiger partial charge in [0.2, 0.25) is 5.91 Å². The van der Waals surface area contributed by atoms with Crippen LogP contribution in [0.2, 0.25) is 0 Å². The molecule has 0 aliphatic rings. The van der Waals surface area contributed by atoms with E-state index in [4.69, 9.17) is 4.74 Å². The van der Waals surface area contributed by atoms with Crippen LogP contribution in [0.5, 0.6) is 0 Å². The van der Waals surface area contributed by atoms with Crippen molar-refractivity contribution in [2.75, 3.05) is 20.3 Å². The average Bonchev–Trinajstić information content (AvgIpc) is 2.89. The Hall–Kier alpha value is -2.21. The van der Waals surface area contributed by atoms with Crippen molar-refractivity contribution < 1.29 is 9.53 Å². The summed E-state index contributed by atoms with van der Waals surface area (Å²) in [5, 5.41) is 7.14. The number of ether oxygens (including phenoxy) is 1. The maximum atomic E-state index is 11.2. The van der Waals surface area contributed by atoms with Crippen molar-refractivity contribution in [3.8, 4) is 11.4 Å². The van der Waals surface area contributed by atoms with Gasteiger partial charge >= 0.3 is 0 Å². The van der Waals surface area contributed by atoms with Crippen LogP contribution in [0.15, 0.2) is 36.7 Å². The van der Waals surface area contributed by atoms with E-state index in [1.807, 2.05) is 30.5 Å². The molecule has 2 aromatic rings. The fraction of sp³-hybridized carbons (Fsp3) is 0.308. The number of amides is 1. The highest BCUT2D eigenvalue weighted by atomic mass is 16.5. The van der Waals surface area contributed by atoms with Crippen LogP contribution in [0.1, 0.15) is 0 Å². The van der Waals surface area contributed by atoms with Gasteiger partial charge in [0.25, 0.3) is 0 Å². The van der Waals surface area contributed by atoms with Crippen LogP contribution in [0.3, 0.4) is 0 Å². The topological polar surface area (TPSA) is 69.0 Å². The summed E-state index contributed by atoms with van der Waals surface area (Å²) >= 11 is 0. The third-order valence-electron chi connectivity index (χ3n) is 2.51. The molecular formula is C13H16N4O2. The molecule has 0 saturated heterocycles. The van der Waals surface area contributed by atoms with Gasteiger partial charge in [-0.05, 0) is 18.2 Å². The molecule has 0 fully saturated rings. The molecule has 6 heteroatoms. The lowest BCUT2D eigenvalue weighted by Crippen LogP contribution is -2.30. The van der Waals surface area contributed by atoms with Gasteiger partial charge in [0.1, 0.15) is 12.3 Å². The second-order valence-corrected chi connectivity index (χ2v) is 3.96. The lowest BCUT2D eigenvalue weighted by atomic mass is 10.3. The summed E-state index contributed by atoms with van der Waals surface area (Å²) < 4.78 is 6.50. The van der Waals surface area contributed by atoms with Crippen molar-refractivity contribution in [1.29, 1.82) is 0 Å². The number of aromatic nitrogens is 3.